The first kappa shape index (κ1) is 17.3. The highest BCUT2D eigenvalue weighted by atomic mass is 16.5. The Bertz CT molecular complexity index is 874. The van der Waals surface area contributed by atoms with Gasteiger partial charge in [0.2, 0.25) is 5.91 Å². The first-order valence-corrected chi connectivity index (χ1v) is 8.67. The van der Waals surface area contributed by atoms with E-state index in [0.29, 0.717) is 36.1 Å². The van der Waals surface area contributed by atoms with Gasteiger partial charge in [0.05, 0.1) is 24.6 Å². The molecular weight excluding hydrogens is 352 g/mol. The van der Waals surface area contributed by atoms with Crippen LogP contribution in [0.5, 0.6) is 11.5 Å². The zero-order chi connectivity index (χ0) is 19.0. The lowest BCUT2D eigenvalue weighted by atomic mass is 10.1. The van der Waals surface area contributed by atoms with Crippen LogP contribution in [0.1, 0.15) is 18.0 Å². The lowest BCUT2D eigenvalue weighted by molar-refractivity contribution is -0.120. The number of likely N-dealkylation sites (N-methyl/N-ethyl adjacent to an activating group) is 1. The Balaban J connectivity index is 1.58. The standard InChI is InChI=1S/C18H20N4O5/c1-21-15-8-11(27-12-5-7-25-9-12)2-3-16(15)26-10-13(17(21)23)14-4-6-22(20-14)18(19)24/h2-4,6,8,12-13H,5,7,9-10H2,1H3,(H2,19,24)/t12-,13-/m1/s1. The van der Waals surface area contributed by atoms with E-state index >= 15 is 0 Å². The van der Waals surface area contributed by atoms with Gasteiger partial charge >= 0.3 is 6.03 Å². The molecule has 1 aromatic heterocycles. The summed E-state index contributed by atoms with van der Waals surface area (Å²) in [6, 6.07) is 6.27. The molecule has 2 amide bonds. The lowest BCUT2D eigenvalue weighted by Crippen LogP contribution is -2.32. The second-order valence-electron chi connectivity index (χ2n) is 6.52. The maximum atomic E-state index is 13.0. The van der Waals surface area contributed by atoms with Gasteiger partial charge < -0.3 is 24.8 Å². The minimum Gasteiger partial charge on any atom is -0.490 e. The number of amides is 2. The minimum absolute atomic E-state index is 0.0151. The van der Waals surface area contributed by atoms with Crippen LogP contribution in [0.25, 0.3) is 0 Å². The van der Waals surface area contributed by atoms with Crippen molar-refractivity contribution in [2.75, 3.05) is 31.8 Å². The largest absolute Gasteiger partial charge is 0.490 e. The summed E-state index contributed by atoms with van der Waals surface area (Å²) in [6.45, 7) is 1.37. The van der Waals surface area contributed by atoms with Crippen molar-refractivity contribution >= 4 is 17.6 Å². The highest BCUT2D eigenvalue weighted by Crippen LogP contribution is 2.37. The number of hydrogen-bond acceptors (Lipinski definition) is 6. The Morgan fingerprint density at radius 1 is 1.33 bits per heavy atom. The summed E-state index contributed by atoms with van der Waals surface area (Å²) in [5, 5.41) is 4.08. The Labute approximate surface area is 155 Å². The molecule has 2 aliphatic heterocycles. The van der Waals surface area contributed by atoms with Crippen LogP contribution in [0.3, 0.4) is 0 Å². The molecular formula is C18H20N4O5. The summed E-state index contributed by atoms with van der Waals surface area (Å²) in [5.41, 5.74) is 6.26. The van der Waals surface area contributed by atoms with Crippen LogP contribution in [0.15, 0.2) is 30.5 Å². The minimum atomic E-state index is -0.711. The van der Waals surface area contributed by atoms with Gasteiger partial charge in [-0.3, -0.25) is 4.79 Å². The molecule has 9 nitrogen and oxygen atoms in total. The Hall–Kier alpha value is -3.07. The predicted molar refractivity (Wildman–Crippen MR) is 95.1 cm³/mol. The van der Waals surface area contributed by atoms with Gasteiger partial charge in [0.15, 0.2) is 0 Å². The van der Waals surface area contributed by atoms with Crippen molar-refractivity contribution in [3.8, 4) is 11.5 Å². The summed E-state index contributed by atoms with van der Waals surface area (Å²) in [4.78, 5) is 25.7. The number of nitrogens with zero attached hydrogens (tertiary/aromatic N) is 3. The van der Waals surface area contributed by atoms with E-state index in [1.54, 1.807) is 25.2 Å². The van der Waals surface area contributed by atoms with Crippen molar-refractivity contribution in [3.63, 3.8) is 0 Å². The molecule has 4 rings (SSSR count). The number of primary amides is 1. The third-order valence-corrected chi connectivity index (χ3v) is 4.71. The molecule has 0 aliphatic carbocycles. The second kappa shape index (κ2) is 6.92. The lowest BCUT2D eigenvalue weighted by Gasteiger charge is -2.20. The smallest absolute Gasteiger partial charge is 0.339 e. The molecule has 0 unspecified atom stereocenters. The number of nitrogens with two attached hydrogens (primary N) is 1. The topological polar surface area (TPSA) is 109 Å². The number of carbonyl (C=O) groups is 2. The average Bonchev–Trinajstić information content (AvgIpc) is 3.32. The molecule has 0 radical (unpaired) electrons. The van der Waals surface area contributed by atoms with E-state index in [0.717, 1.165) is 11.1 Å². The maximum absolute atomic E-state index is 13.0. The number of fused-ring (bicyclic) bond motifs is 1. The monoisotopic (exact) mass is 372 g/mol. The van der Waals surface area contributed by atoms with Crippen LogP contribution in [-0.4, -0.2) is 54.7 Å². The highest BCUT2D eigenvalue weighted by Gasteiger charge is 2.33. The van der Waals surface area contributed by atoms with Gasteiger partial charge in [0.1, 0.15) is 30.1 Å². The van der Waals surface area contributed by atoms with Crippen LogP contribution >= 0.6 is 0 Å². The fourth-order valence-electron chi connectivity index (χ4n) is 3.21. The molecule has 0 spiro atoms. The molecule has 2 aliphatic rings. The van der Waals surface area contributed by atoms with Gasteiger partial charge in [0.25, 0.3) is 0 Å². The van der Waals surface area contributed by atoms with Crippen LogP contribution in [-0.2, 0) is 9.53 Å². The zero-order valence-corrected chi connectivity index (χ0v) is 14.8. The van der Waals surface area contributed by atoms with E-state index in [9.17, 15) is 9.59 Å². The third kappa shape index (κ3) is 3.33. The van der Waals surface area contributed by atoms with Crippen LogP contribution in [0.4, 0.5) is 10.5 Å². The number of aromatic nitrogens is 2. The van der Waals surface area contributed by atoms with Crippen LogP contribution in [0, 0.1) is 0 Å². The predicted octanol–water partition coefficient (Wildman–Crippen LogP) is 1.12. The molecule has 2 aromatic rings. The number of hydrogen-bond donors (Lipinski definition) is 1. The van der Waals surface area contributed by atoms with Gasteiger partial charge in [-0.05, 0) is 18.2 Å². The number of rotatable bonds is 3. The second-order valence-corrected chi connectivity index (χ2v) is 6.52. The quantitative estimate of drug-likeness (QED) is 0.865. The number of carbonyl (C=O) groups excluding carboxylic acids is 2. The molecule has 0 saturated carbocycles. The average molecular weight is 372 g/mol. The molecule has 1 aromatic carbocycles. The van der Waals surface area contributed by atoms with Gasteiger partial charge in [-0.1, -0.05) is 0 Å². The van der Waals surface area contributed by atoms with E-state index in [1.807, 2.05) is 6.07 Å². The Morgan fingerprint density at radius 2 is 2.19 bits per heavy atom. The van der Waals surface area contributed by atoms with E-state index in [1.165, 1.54) is 11.1 Å². The Morgan fingerprint density at radius 3 is 2.89 bits per heavy atom. The van der Waals surface area contributed by atoms with Crippen molar-refractivity contribution in [1.82, 2.24) is 9.78 Å². The molecule has 27 heavy (non-hydrogen) atoms. The molecule has 9 heteroatoms. The molecule has 0 bridgehead atoms. The maximum Gasteiger partial charge on any atom is 0.339 e. The SMILES string of the molecule is CN1C(=O)[C@@H](c2ccn(C(N)=O)n2)COc2ccc(O[C@@H]3CCOC3)cc21. The van der Waals surface area contributed by atoms with E-state index < -0.39 is 11.9 Å². The molecule has 2 atom stereocenters. The normalized spacial score (nSPS) is 22.1. The van der Waals surface area contributed by atoms with E-state index in [2.05, 4.69) is 5.10 Å². The molecule has 1 fully saturated rings. The summed E-state index contributed by atoms with van der Waals surface area (Å²) in [7, 11) is 1.68. The summed E-state index contributed by atoms with van der Waals surface area (Å²) < 4.78 is 18.1. The summed E-state index contributed by atoms with van der Waals surface area (Å²) in [6.07, 6.45) is 2.28. The summed E-state index contributed by atoms with van der Waals surface area (Å²) in [5.74, 6) is 0.405. The van der Waals surface area contributed by atoms with Crippen molar-refractivity contribution < 1.29 is 23.8 Å². The first-order valence-electron chi connectivity index (χ1n) is 8.67. The van der Waals surface area contributed by atoms with Crippen molar-refractivity contribution in [2.45, 2.75) is 18.4 Å². The van der Waals surface area contributed by atoms with Crippen molar-refractivity contribution in [3.05, 3.63) is 36.2 Å². The number of anilines is 1. The van der Waals surface area contributed by atoms with Gasteiger partial charge in [-0.25, -0.2) is 4.79 Å². The van der Waals surface area contributed by atoms with E-state index in [-0.39, 0.29) is 18.6 Å². The fourth-order valence-corrected chi connectivity index (χ4v) is 3.21. The van der Waals surface area contributed by atoms with Crippen LogP contribution < -0.4 is 20.1 Å². The van der Waals surface area contributed by atoms with E-state index in [4.69, 9.17) is 19.9 Å². The van der Waals surface area contributed by atoms with Crippen LogP contribution in [0.2, 0.25) is 0 Å². The molecule has 1 saturated heterocycles. The van der Waals surface area contributed by atoms with Crippen molar-refractivity contribution in [1.29, 1.82) is 0 Å². The zero-order valence-electron chi connectivity index (χ0n) is 14.8. The first-order chi connectivity index (χ1) is 13.0. The van der Waals surface area contributed by atoms with Gasteiger partial charge in [-0.15, -0.1) is 0 Å². The summed E-state index contributed by atoms with van der Waals surface area (Å²) >= 11 is 0. The van der Waals surface area contributed by atoms with Crippen molar-refractivity contribution in [2.24, 2.45) is 5.73 Å². The van der Waals surface area contributed by atoms with Gasteiger partial charge in [0, 0.05) is 25.7 Å². The van der Waals surface area contributed by atoms with Gasteiger partial charge in [-0.2, -0.15) is 9.78 Å². The molecule has 2 N–H and O–H groups in total. The number of ether oxygens (including phenoxy) is 3. The fraction of sp³-hybridized carbons (Fsp3) is 0.389. The highest BCUT2D eigenvalue weighted by molar-refractivity contribution is 5.99. The molecule has 3 heterocycles. The molecule has 142 valence electrons. The Kier molecular flexibility index (Phi) is 4.44. The number of benzene rings is 1. The third-order valence-electron chi connectivity index (χ3n) is 4.71.